The van der Waals surface area contributed by atoms with Gasteiger partial charge >= 0.3 is 0 Å². The molecule has 0 aliphatic rings. The topological polar surface area (TPSA) is 39.7 Å². The standard InChI is InChI=1S/C14H23NO3/c1-4-8-15-11-12-6-5-7-13(17-3)14(12)18-10-9-16-2/h5-7,15H,4,8-11H2,1-3H3. The van der Waals surface area contributed by atoms with Crippen molar-refractivity contribution in [1.29, 1.82) is 0 Å². The van der Waals surface area contributed by atoms with Gasteiger partial charge in [-0.1, -0.05) is 19.1 Å². The lowest BCUT2D eigenvalue weighted by Gasteiger charge is -2.15. The summed E-state index contributed by atoms with van der Waals surface area (Å²) in [4.78, 5) is 0. The molecule has 0 aliphatic heterocycles. The van der Waals surface area contributed by atoms with E-state index in [0.29, 0.717) is 13.2 Å². The first kappa shape index (κ1) is 14.8. The molecule has 0 atom stereocenters. The number of methoxy groups -OCH3 is 2. The fourth-order valence-electron chi connectivity index (χ4n) is 1.65. The molecule has 0 fully saturated rings. The Balaban J connectivity index is 2.72. The number of rotatable bonds is 9. The minimum atomic E-state index is 0.525. The summed E-state index contributed by atoms with van der Waals surface area (Å²) < 4.78 is 16.1. The van der Waals surface area contributed by atoms with Gasteiger partial charge in [-0.2, -0.15) is 0 Å². The van der Waals surface area contributed by atoms with Crippen LogP contribution >= 0.6 is 0 Å². The van der Waals surface area contributed by atoms with Gasteiger partial charge in [-0.05, 0) is 19.0 Å². The van der Waals surface area contributed by atoms with Gasteiger partial charge in [0.15, 0.2) is 11.5 Å². The molecule has 0 saturated carbocycles. The van der Waals surface area contributed by atoms with Gasteiger partial charge in [-0.25, -0.2) is 0 Å². The van der Waals surface area contributed by atoms with E-state index in [0.717, 1.165) is 36.6 Å². The van der Waals surface area contributed by atoms with E-state index in [1.807, 2.05) is 18.2 Å². The number of hydrogen-bond donors (Lipinski definition) is 1. The first-order chi connectivity index (χ1) is 8.83. The van der Waals surface area contributed by atoms with Crippen LogP contribution in [0.25, 0.3) is 0 Å². The summed E-state index contributed by atoms with van der Waals surface area (Å²) in [7, 11) is 3.32. The molecule has 0 unspecified atom stereocenters. The maximum atomic E-state index is 5.74. The normalized spacial score (nSPS) is 10.4. The number of para-hydroxylation sites is 1. The molecule has 0 radical (unpaired) electrons. The third-order valence-electron chi connectivity index (χ3n) is 2.56. The Morgan fingerprint density at radius 2 is 2.00 bits per heavy atom. The van der Waals surface area contributed by atoms with E-state index >= 15 is 0 Å². The molecule has 4 heteroatoms. The Hall–Kier alpha value is -1.26. The van der Waals surface area contributed by atoms with Crippen LogP contribution in [-0.4, -0.2) is 34.0 Å². The van der Waals surface area contributed by atoms with Crippen molar-refractivity contribution in [1.82, 2.24) is 5.32 Å². The van der Waals surface area contributed by atoms with Crippen molar-refractivity contribution in [3.63, 3.8) is 0 Å². The van der Waals surface area contributed by atoms with Crippen LogP contribution in [0.1, 0.15) is 18.9 Å². The number of nitrogens with one attached hydrogen (secondary N) is 1. The highest BCUT2D eigenvalue weighted by molar-refractivity contribution is 5.46. The highest BCUT2D eigenvalue weighted by atomic mass is 16.5. The Labute approximate surface area is 109 Å². The number of hydrogen-bond acceptors (Lipinski definition) is 4. The Bertz CT molecular complexity index is 342. The summed E-state index contributed by atoms with van der Waals surface area (Å²) in [6.45, 7) is 5.02. The van der Waals surface area contributed by atoms with Crippen molar-refractivity contribution >= 4 is 0 Å². The fraction of sp³-hybridized carbons (Fsp3) is 0.571. The van der Waals surface area contributed by atoms with Gasteiger partial charge < -0.3 is 19.5 Å². The number of ether oxygens (including phenoxy) is 3. The van der Waals surface area contributed by atoms with E-state index in [-0.39, 0.29) is 0 Å². The van der Waals surface area contributed by atoms with Crippen LogP contribution in [0.5, 0.6) is 11.5 Å². The Morgan fingerprint density at radius 3 is 2.67 bits per heavy atom. The van der Waals surface area contributed by atoms with Gasteiger partial charge in [0, 0.05) is 19.2 Å². The quantitative estimate of drug-likeness (QED) is 0.685. The van der Waals surface area contributed by atoms with E-state index in [1.165, 1.54) is 0 Å². The van der Waals surface area contributed by atoms with Crippen molar-refractivity contribution in [2.75, 3.05) is 34.0 Å². The Morgan fingerprint density at radius 1 is 1.17 bits per heavy atom. The van der Waals surface area contributed by atoms with Crippen LogP contribution in [0, 0.1) is 0 Å². The molecule has 1 aromatic rings. The van der Waals surface area contributed by atoms with Gasteiger partial charge in [0.1, 0.15) is 6.61 Å². The summed E-state index contributed by atoms with van der Waals surface area (Å²) >= 11 is 0. The molecule has 1 aromatic carbocycles. The lowest BCUT2D eigenvalue weighted by Crippen LogP contribution is -2.15. The molecule has 4 nitrogen and oxygen atoms in total. The fourth-order valence-corrected chi connectivity index (χ4v) is 1.65. The average Bonchev–Trinajstić information content (AvgIpc) is 2.40. The minimum Gasteiger partial charge on any atom is -0.493 e. The molecule has 0 saturated heterocycles. The van der Waals surface area contributed by atoms with E-state index in [1.54, 1.807) is 14.2 Å². The van der Waals surface area contributed by atoms with Crippen molar-refractivity contribution in [3.05, 3.63) is 23.8 Å². The molecular formula is C14H23NO3. The third kappa shape index (κ3) is 4.55. The van der Waals surface area contributed by atoms with E-state index in [2.05, 4.69) is 12.2 Å². The minimum absolute atomic E-state index is 0.525. The molecule has 18 heavy (non-hydrogen) atoms. The first-order valence-corrected chi connectivity index (χ1v) is 6.31. The summed E-state index contributed by atoms with van der Waals surface area (Å²) in [5, 5.41) is 3.37. The van der Waals surface area contributed by atoms with E-state index < -0.39 is 0 Å². The lowest BCUT2D eigenvalue weighted by atomic mass is 10.2. The van der Waals surface area contributed by atoms with Gasteiger partial charge in [0.2, 0.25) is 0 Å². The molecule has 0 aromatic heterocycles. The highest BCUT2D eigenvalue weighted by Gasteiger charge is 2.09. The van der Waals surface area contributed by atoms with Crippen molar-refractivity contribution < 1.29 is 14.2 Å². The molecule has 0 bridgehead atoms. The first-order valence-electron chi connectivity index (χ1n) is 6.31. The highest BCUT2D eigenvalue weighted by Crippen LogP contribution is 2.30. The third-order valence-corrected chi connectivity index (χ3v) is 2.56. The van der Waals surface area contributed by atoms with Gasteiger partial charge in [0.25, 0.3) is 0 Å². The molecule has 0 heterocycles. The second-order valence-corrected chi connectivity index (χ2v) is 3.97. The van der Waals surface area contributed by atoms with E-state index in [4.69, 9.17) is 14.2 Å². The second-order valence-electron chi connectivity index (χ2n) is 3.97. The maximum Gasteiger partial charge on any atom is 0.165 e. The van der Waals surface area contributed by atoms with Crippen LogP contribution in [-0.2, 0) is 11.3 Å². The molecule has 1 rings (SSSR count). The van der Waals surface area contributed by atoms with Gasteiger partial charge in [0.05, 0.1) is 13.7 Å². The van der Waals surface area contributed by atoms with Gasteiger partial charge in [-0.3, -0.25) is 0 Å². The number of benzene rings is 1. The Kier molecular flexibility index (Phi) is 7.22. The summed E-state index contributed by atoms with van der Waals surface area (Å²) in [5.74, 6) is 1.57. The molecule has 1 N–H and O–H groups in total. The maximum absolute atomic E-state index is 5.74. The molecule has 102 valence electrons. The zero-order valence-corrected chi connectivity index (χ0v) is 11.5. The molecule has 0 amide bonds. The van der Waals surface area contributed by atoms with Crippen LogP contribution in [0.3, 0.4) is 0 Å². The molecular weight excluding hydrogens is 230 g/mol. The largest absolute Gasteiger partial charge is 0.493 e. The zero-order chi connectivity index (χ0) is 13.2. The van der Waals surface area contributed by atoms with Crippen molar-refractivity contribution in [3.8, 4) is 11.5 Å². The average molecular weight is 253 g/mol. The molecule has 0 spiro atoms. The second kappa shape index (κ2) is 8.78. The predicted molar refractivity (Wildman–Crippen MR) is 72.4 cm³/mol. The van der Waals surface area contributed by atoms with Crippen LogP contribution in [0.4, 0.5) is 0 Å². The zero-order valence-electron chi connectivity index (χ0n) is 11.5. The lowest BCUT2D eigenvalue weighted by molar-refractivity contribution is 0.143. The monoisotopic (exact) mass is 253 g/mol. The summed E-state index contributed by atoms with van der Waals surface area (Å²) in [5.41, 5.74) is 1.11. The van der Waals surface area contributed by atoms with E-state index in [9.17, 15) is 0 Å². The predicted octanol–water partition coefficient (Wildman–Crippen LogP) is 2.22. The smallest absolute Gasteiger partial charge is 0.165 e. The molecule has 0 aliphatic carbocycles. The summed E-state index contributed by atoms with van der Waals surface area (Å²) in [6, 6.07) is 5.93. The van der Waals surface area contributed by atoms with Crippen molar-refractivity contribution in [2.45, 2.75) is 19.9 Å². The van der Waals surface area contributed by atoms with Crippen LogP contribution in [0.2, 0.25) is 0 Å². The van der Waals surface area contributed by atoms with Crippen molar-refractivity contribution in [2.24, 2.45) is 0 Å². The SMILES string of the molecule is CCCNCc1cccc(OC)c1OCCOC. The van der Waals surface area contributed by atoms with Crippen LogP contribution < -0.4 is 14.8 Å². The van der Waals surface area contributed by atoms with Crippen LogP contribution in [0.15, 0.2) is 18.2 Å². The summed E-state index contributed by atoms with van der Waals surface area (Å²) in [6.07, 6.45) is 1.11. The van der Waals surface area contributed by atoms with Gasteiger partial charge in [-0.15, -0.1) is 0 Å².